The zero-order valence-corrected chi connectivity index (χ0v) is 14.8. The number of hydrogen-bond acceptors (Lipinski definition) is 3. The summed E-state index contributed by atoms with van der Waals surface area (Å²) >= 11 is 0. The molecule has 0 unspecified atom stereocenters. The fraction of sp³-hybridized carbons (Fsp3) is 0.381. The molecule has 4 nitrogen and oxygen atoms in total. The maximum atomic E-state index is 10.4. The van der Waals surface area contributed by atoms with Crippen molar-refractivity contribution in [1.82, 2.24) is 5.32 Å². The number of aryl methyl sites for hydroxylation is 2. The van der Waals surface area contributed by atoms with Crippen molar-refractivity contribution in [1.29, 1.82) is 0 Å². The lowest BCUT2D eigenvalue weighted by molar-refractivity contribution is -0.136. The summed E-state index contributed by atoms with van der Waals surface area (Å²) in [7, 11) is 0. The first-order valence-electron chi connectivity index (χ1n) is 8.83. The number of nitrogens with one attached hydrogen (secondary N) is 1. The van der Waals surface area contributed by atoms with Gasteiger partial charge in [-0.1, -0.05) is 42.0 Å². The molecule has 0 aliphatic rings. The van der Waals surface area contributed by atoms with Crippen molar-refractivity contribution in [3.8, 4) is 5.75 Å². The molecule has 0 aromatic heterocycles. The van der Waals surface area contributed by atoms with Crippen LogP contribution in [0.4, 0.5) is 0 Å². The third-order valence-electron chi connectivity index (χ3n) is 4.00. The van der Waals surface area contributed by atoms with Gasteiger partial charge in [-0.15, -0.1) is 0 Å². The van der Waals surface area contributed by atoms with E-state index in [9.17, 15) is 4.79 Å². The lowest BCUT2D eigenvalue weighted by atomic mass is 10.1. The Balaban J connectivity index is 1.63. The van der Waals surface area contributed by atoms with Gasteiger partial charge in [-0.3, -0.25) is 4.79 Å². The van der Waals surface area contributed by atoms with Gasteiger partial charge in [0.05, 0.1) is 13.0 Å². The predicted molar refractivity (Wildman–Crippen MR) is 100 cm³/mol. The van der Waals surface area contributed by atoms with E-state index in [1.807, 2.05) is 12.1 Å². The van der Waals surface area contributed by atoms with E-state index in [0.29, 0.717) is 13.2 Å². The van der Waals surface area contributed by atoms with Crippen LogP contribution in [0.3, 0.4) is 0 Å². The number of carbonyl (C=O) groups is 1. The first-order chi connectivity index (χ1) is 12.1. The highest BCUT2D eigenvalue weighted by atomic mass is 16.5. The van der Waals surface area contributed by atoms with Gasteiger partial charge in [0.15, 0.2) is 0 Å². The predicted octanol–water partition coefficient (Wildman–Crippen LogP) is 3.61. The largest absolute Gasteiger partial charge is 0.493 e. The van der Waals surface area contributed by atoms with Crippen LogP contribution in [-0.4, -0.2) is 30.8 Å². The van der Waals surface area contributed by atoms with Crippen LogP contribution >= 0.6 is 0 Å². The number of hydrogen-bond donors (Lipinski definition) is 2. The van der Waals surface area contributed by atoms with Gasteiger partial charge in [-0.05, 0) is 49.6 Å². The standard InChI is InChI=1S/C21H27NO3/c1-17-4-2-5-19(16-17)12-15-25-20-9-7-18(8-10-20)6-3-13-22-14-11-21(23)24/h2,4-5,7-10,16,22H,3,6,11-15H2,1H3,(H,23,24). The maximum absolute atomic E-state index is 10.4. The van der Waals surface area contributed by atoms with Crippen LogP contribution < -0.4 is 10.1 Å². The smallest absolute Gasteiger partial charge is 0.304 e. The van der Waals surface area contributed by atoms with Crippen LogP contribution in [0.15, 0.2) is 48.5 Å². The molecule has 0 atom stereocenters. The molecule has 0 aliphatic carbocycles. The van der Waals surface area contributed by atoms with Crippen molar-refractivity contribution in [2.45, 2.75) is 32.6 Å². The highest BCUT2D eigenvalue weighted by Gasteiger charge is 1.99. The van der Waals surface area contributed by atoms with E-state index in [1.165, 1.54) is 16.7 Å². The fourth-order valence-corrected chi connectivity index (χ4v) is 2.64. The first kappa shape index (κ1) is 19.0. The van der Waals surface area contributed by atoms with Crippen LogP contribution in [0, 0.1) is 6.92 Å². The van der Waals surface area contributed by atoms with Gasteiger partial charge in [0.2, 0.25) is 0 Å². The molecule has 2 N–H and O–H groups in total. The molecule has 25 heavy (non-hydrogen) atoms. The number of carboxylic acids is 1. The Bertz CT molecular complexity index is 652. The van der Waals surface area contributed by atoms with Crippen LogP contribution in [0.5, 0.6) is 5.75 Å². The number of ether oxygens (including phenoxy) is 1. The zero-order chi connectivity index (χ0) is 17.9. The lowest BCUT2D eigenvalue weighted by Crippen LogP contribution is -2.19. The van der Waals surface area contributed by atoms with Crippen molar-refractivity contribution in [3.63, 3.8) is 0 Å². The summed E-state index contributed by atoms with van der Waals surface area (Å²) in [4.78, 5) is 10.4. The molecule has 2 aromatic rings. The number of rotatable bonds is 11. The van der Waals surface area contributed by atoms with Crippen molar-refractivity contribution in [3.05, 3.63) is 65.2 Å². The molecule has 0 fully saturated rings. The van der Waals surface area contributed by atoms with Gasteiger partial charge in [-0.2, -0.15) is 0 Å². The normalized spacial score (nSPS) is 10.6. The number of aliphatic carboxylic acids is 1. The van der Waals surface area contributed by atoms with Gasteiger partial charge < -0.3 is 15.2 Å². The number of carboxylic acid groups (broad SMARTS) is 1. The Morgan fingerprint density at radius 2 is 1.84 bits per heavy atom. The molecule has 134 valence electrons. The average molecular weight is 341 g/mol. The molecular weight excluding hydrogens is 314 g/mol. The topological polar surface area (TPSA) is 58.6 Å². The molecule has 0 amide bonds. The molecule has 2 aromatic carbocycles. The van der Waals surface area contributed by atoms with Gasteiger partial charge in [0, 0.05) is 13.0 Å². The highest BCUT2D eigenvalue weighted by molar-refractivity contribution is 5.66. The lowest BCUT2D eigenvalue weighted by Gasteiger charge is -2.08. The highest BCUT2D eigenvalue weighted by Crippen LogP contribution is 2.14. The third kappa shape index (κ3) is 7.86. The van der Waals surface area contributed by atoms with E-state index in [0.717, 1.165) is 31.6 Å². The van der Waals surface area contributed by atoms with Crippen molar-refractivity contribution < 1.29 is 14.6 Å². The maximum Gasteiger partial charge on any atom is 0.304 e. The molecule has 0 saturated carbocycles. The van der Waals surface area contributed by atoms with Crippen LogP contribution in [-0.2, 0) is 17.6 Å². The molecule has 0 aliphatic heterocycles. The average Bonchev–Trinajstić information content (AvgIpc) is 2.59. The van der Waals surface area contributed by atoms with E-state index >= 15 is 0 Å². The second-order valence-corrected chi connectivity index (χ2v) is 6.23. The van der Waals surface area contributed by atoms with Gasteiger partial charge in [0.25, 0.3) is 0 Å². The van der Waals surface area contributed by atoms with E-state index in [1.54, 1.807) is 0 Å². The second-order valence-electron chi connectivity index (χ2n) is 6.23. The first-order valence-corrected chi connectivity index (χ1v) is 8.83. The Labute approximate surface area is 149 Å². The van der Waals surface area contributed by atoms with Gasteiger partial charge in [0.1, 0.15) is 5.75 Å². The summed E-state index contributed by atoms with van der Waals surface area (Å²) in [5.41, 5.74) is 3.84. The Hall–Kier alpha value is -2.33. The molecule has 0 radical (unpaired) electrons. The Morgan fingerprint density at radius 1 is 1.04 bits per heavy atom. The molecule has 0 saturated heterocycles. The van der Waals surface area contributed by atoms with Crippen LogP contribution in [0.2, 0.25) is 0 Å². The molecular formula is C21H27NO3. The monoisotopic (exact) mass is 341 g/mol. The summed E-state index contributed by atoms with van der Waals surface area (Å²) in [6.45, 7) is 4.14. The van der Waals surface area contributed by atoms with Crippen LogP contribution in [0.1, 0.15) is 29.5 Å². The van der Waals surface area contributed by atoms with Crippen LogP contribution in [0.25, 0.3) is 0 Å². The Kier molecular flexibility index (Phi) is 7.99. The summed E-state index contributed by atoms with van der Waals surface area (Å²) in [6, 6.07) is 16.7. The van der Waals surface area contributed by atoms with Crippen molar-refractivity contribution in [2.24, 2.45) is 0 Å². The van der Waals surface area contributed by atoms with E-state index in [2.05, 4.69) is 48.6 Å². The third-order valence-corrected chi connectivity index (χ3v) is 4.00. The second kappa shape index (κ2) is 10.5. The summed E-state index contributed by atoms with van der Waals surface area (Å²) in [6.07, 6.45) is 3.05. The summed E-state index contributed by atoms with van der Waals surface area (Å²) in [5, 5.41) is 11.7. The van der Waals surface area contributed by atoms with E-state index < -0.39 is 5.97 Å². The fourth-order valence-electron chi connectivity index (χ4n) is 2.64. The molecule has 0 heterocycles. The van der Waals surface area contributed by atoms with Gasteiger partial charge in [-0.25, -0.2) is 0 Å². The van der Waals surface area contributed by atoms with E-state index in [-0.39, 0.29) is 6.42 Å². The minimum absolute atomic E-state index is 0.175. The molecule has 0 bridgehead atoms. The summed E-state index contributed by atoms with van der Waals surface area (Å²) < 4.78 is 5.82. The Morgan fingerprint density at radius 3 is 2.56 bits per heavy atom. The zero-order valence-electron chi connectivity index (χ0n) is 14.8. The van der Waals surface area contributed by atoms with Crippen molar-refractivity contribution >= 4 is 5.97 Å². The minimum Gasteiger partial charge on any atom is -0.493 e. The minimum atomic E-state index is -0.759. The van der Waals surface area contributed by atoms with Gasteiger partial charge >= 0.3 is 5.97 Å². The van der Waals surface area contributed by atoms with E-state index in [4.69, 9.17) is 9.84 Å². The quantitative estimate of drug-likeness (QED) is 0.613. The molecule has 4 heteroatoms. The molecule has 0 spiro atoms. The van der Waals surface area contributed by atoms with Crippen molar-refractivity contribution in [2.75, 3.05) is 19.7 Å². The molecule has 2 rings (SSSR count). The summed E-state index contributed by atoms with van der Waals surface area (Å²) in [5.74, 6) is 0.140. The SMILES string of the molecule is Cc1cccc(CCOc2ccc(CCCNCCC(=O)O)cc2)c1. The number of benzene rings is 2.